The van der Waals surface area contributed by atoms with Crippen molar-refractivity contribution < 1.29 is 8.42 Å². The van der Waals surface area contributed by atoms with Crippen LogP contribution in [-0.4, -0.2) is 21.5 Å². The third kappa shape index (κ3) is 3.03. The molecule has 2 N–H and O–H groups in total. The van der Waals surface area contributed by atoms with Crippen LogP contribution in [0.4, 0.5) is 5.69 Å². The molecule has 100 valence electrons. The molecule has 5 heteroatoms. The van der Waals surface area contributed by atoms with Crippen LogP contribution in [0.3, 0.4) is 0 Å². The van der Waals surface area contributed by atoms with E-state index in [1.165, 1.54) is 0 Å². The highest BCUT2D eigenvalue weighted by atomic mass is 32.2. The molecule has 0 radical (unpaired) electrons. The van der Waals surface area contributed by atoms with E-state index in [1.807, 2.05) is 13.0 Å². The normalized spacial score (nSPS) is 22.8. The standard InChI is InChI=1S/C13H20N2O2S/c1-3-14-12-6-4-5-7-13(12)18(16,17)15-9-11-8-10(11)2/h4-7,10-11,14-15H,3,8-9H2,1-2H3. The van der Waals surface area contributed by atoms with Gasteiger partial charge in [0.2, 0.25) is 10.0 Å². The highest BCUT2D eigenvalue weighted by molar-refractivity contribution is 7.89. The average molecular weight is 268 g/mol. The van der Waals surface area contributed by atoms with Gasteiger partial charge in [-0.05, 0) is 37.3 Å². The first-order chi connectivity index (χ1) is 8.54. The maximum Gasteiger partial charge on any atom is 0.242 e. The number of rotatable bonds is 6. The lowest BCUT2D eigenvalue weighted by Gasteiger charge is -2.12. The zero-order chi connectivity index (χ0) is 13.2. The summed E-state index contributed by atoms with van der Waals surface area (Å²) in [7, 11) is -3.40. The van der Waals surface area contributed by atoms with Gasteiger partial charge in [-0.3, -0.25) is 0 Å². The summed E-state index contributed by atoms with van der Waals surface area (Å²) in [6.45, 7) is 5.34. The van der Waals surface area contributed by atoms with Crippen LogP contribution in [0.2, 0.25) is 0 Å². The van der Waals surface area contributed by atoms with Gasteiger partial charge in [0.25, 0.3) is 0 Å². The molecule has 1 aromatic rings. The molecule has 0 heterocycles. The smallest absolute Gasteiger partial charge is 0.242 e. The first-order valence-corrected chi connectivity index (χ1v) is 7.85. The molecule has 0 bridgehead atoms. The Balaban J connectivity index is 2.12. The lowest BCUT2D eigenvalue weighted by atomic mass is 10.3. The first kappa shape index (κ1) is 13.4. The first-order valence-electron chi connectivity index (χ1n) is 6.37. The van der Waals surface area contributed by atoms with Gasteiger partial charge in [-0.1, -0.05) is 19.1 Å². The number of benzene rings is 1. The summed E-state index contributed by atoms with van der Waals surface area (Å²) in [5, 5.41) is 3.08. The van der Waals surface area contributed by atoms with Gasteiger partial charge in [-0.25, -0.2) is 13.1 Å². The van der Waals surface area contributed by atoms with Gasteiger partial charge in [-0.2, -0.15) is 0 Å². The van der Waals surface area contributed by atoms with Crippen LogP contribution in [0.25, 0.3) is 0 Å². The van der Waals surface area contributed by atoms with Gasteiger partial charge < -0.3 is 5.32 Å². The number of sulfonamides is 1. The third-order valence-corrected chi connectivity index (χ3v) is 4.84. The molecule has 0 spiro atoms. The van der Waals surface area contributed by atoms with E-state index in [9.17, 15) is 8.42 Å². The Kier molecular flexibility index (Phi) is 3.92. The summed E-state index contributed by atoms with van der Waals surface area (Å²) in [6, 6.07) is 7.00. The molecule has 2 unspecified atom stereocenters. The summed E-state index contributed by atoms with van der Waals surface area (Å²) >= 11 is 0. The minimum absolute atomic E-state index is 0.333. The van der Waals surface area contributed by atoms with Crippen LogP contribution in [0.5, 0.6) is 0 Å². The fourth-order valence-electron chi connectivity index (χ4n) is 2.02. The fourth-order valence-corrected chi connectivity index (χ4v) is 3.29. The quantitative estimate of drug-likeness (QED) is 0.830. The Labute approximate surface area is 109 Å². The zero-order valence-corrected chi connectivity index (χ0v) is 11.6. The topological polar surface area (TPSA) is 58.2 Å². The maximum absolute atomic E-state index is 12.2. The van der Waals surface area contributed by atoms with Gasteiger partial charge in [0.1, 0.15) is 4.90 Å². The Morgan fingerprint density at radius 2 is 2.00 bits per heavy atom. The van der Waals surface area contributed by atoms with E-state index >= 15 is 0 Å². The molecule has 1 saturated carbocycles. The number of anilines is 1. The predicted octanol–water partition coefficient (Wildman–Crippen LogP) is 2.05. The molecule has 2 rings (SSSR count). The van der Waals surface area contributed by atoms with E-state index in [0.29, 0.717) is 35.5 Å². The lowest BCUT2D eigenvalue weighted by molar-refractivity contribution is 0.575. The summed E-state index contributed by atoms with van der Waals surface area (Å²) in [4.78, 5) is 0.333. The van der Waals surface area contributed by atoms with E-state index < -0.39 is 10.0 Å². The van der Waals surface area contributed by atoms with Crippen LogP contribution in [-0.2, 0) is 10.0 Å². The number of para-hydroxylation sites is 1. The second-order valence-corrected chi connectivity index (χ2v) is 6.59. The van der Waals surface area contributed by atoms with Crippen molar-refractivity contribution >= 4 is 15.7 Å². The molecular weight excluding hydrogens is 248 g/mol. The summed E-state index contributed by atoms with van der Waals surface area (Å²) in [6.07, 6.45) is 1.12. The van der Waals surface area contributed by atoms with E-state index in [-0.39, 0.29) is 0 Å². The van der Waals surface area contributed by atoms with Crippen molar-refractivity contribution in [3.63, 3.8) is 0 Å². The molecule has 18 heavy (non-hydrogen) atoms. The molecule has 1 aromatic carbocycles. The molecule has 0 amide bonds. The second kappa shape index (κ2) is 5.28. The van der Waals surface area contributed by atoms with Gasteiger partial charge in [0, 0.05) is 13.1 Å². The van der Waals surface area contributed by atoms with Crippen molar-refractivity contribution in [2.45, 2.75) is 25.2 Å². The van der Waals surface area contributed by atoms with Crippen LogP contribution in [0, 0.1) is 11.8 Å². The number of hydrogen-bond acceptors (Lipinski definition) is 3. The van der Waals surface area contributed by atoms with Crippen molar-refractivity contribution in [1.29, 1.82) is 0 Å². The Morgan fingerprint density at radius 1 is 1.33 bits per heavy atom. The summed E-state index contributed by atoms with van der Waals surface area (Å²) < 4.78 is 27.1. The van der Waals surface area contributed by atoms with Gasteiger partial charge in [0.05, 0.1) is 5.69 Å². The lowest BCUT2D eigenvalue weighted by Crippen LogP contribution is -2.27. The predicted molar refractivity (Wildman–Crippen MR) is 73.1 cm³/mol. The van der Waals surface area contributed by atoms with Crippen molar-refractivity contribution in [3.05, 3.63) is 24.3 Å². The summed E-state index contributed by atoms with van der Waals surface area (Å²) in [5.74, 6) is 1.16. The van der Waals surface area contributed by atoms with Gasteiger partial charge >= 0.3 is 0 Å². The van der Waals surface area contributed by atoms with Crippen LogP contribution < -0.4 is 10.0 Å². The van der Waals surface area contributed by atoms with E-state index in [0.717, 1.165) is 6.42 Å². The minimum Gasteiger partial charge on any atom is -0.384 e. The van der Waals surface area contributed by atoms with Crippen molar-refractivity contribution in [2.75, 3.05) is 18.4 Å². The highest BCUT2D eigenvalue weighted by Gasteiger charge is 2.33. The van der Waals surface area contributed by atoms with Crippen molar-refractivity contribution in [2.24, 2.45) is 11.8 Å². The van der Waals surface area contributed by atoms with Crippen LogP contribution in [0.1, 0.15) is 20.3 Å². The third-order valence-electron chi connectivity index (χ3n) is 3.36. The number of hydrogen-bond donors (Lipinski definition) is 2. The molecule has 0 aromatic heterocycles. The van der Waals surface area contributed by atoms with E-state index in [1.54, 1.807) is 18.2 Å². The fraction of sp³-hybridized carbons (Fsp3) is 0.538. The summed E-state index contributed by atoms with van der Waals surface area (Å²) in [5.41, 5.74) is 0.663. The van der Waals surface area contributed by atoms with E-state index in [4.69, 9.17) is 0 Å². The van der Waals surface area contributed by atoms with Crippen LogP contribution in [0.15, 0.2) is 29.2 Å². The molecule has 1 aliphatic carbocycles. The van der Waals surface area contributed by atoms with Crippen LogP contribution >= 0.6 is 0 Å². The second-order valence-electron chi connectivity index (χ2n) is 4.85. The highest BCUT2D eigenvalue weighted by Crippen LogP contribution is 2.37. The molecular formula is C13H20N2O2S. The van der Waals surface area contributed by atoms with Gasteiger partial charge in [-0.15, -0.1) is 0 Å². The van der Waals surface area contributed by atoms with Crippen molar-refractivity contribution in [3.8, 4) is 0 Å². The largest absolute Gasteiger partial charge is 0.384 e. The SMILES string of the molecule is CCNc1ccccc1S(=O)(=O)NCC1CC1C. The Morgan fingerprint density at radius 3 is 2.61 bits per heavy atom. The minimum atomic E-state index is -3.40. The monoisotopic (exact) mass is 268 g/mol. The maximum atomic E-state index is 12.2. The van der Waals surface area contributed by atoms with E-state index in [2.05, 4.69) is 17.0 Å². The molecule has 0 saturated heterocycles. The Hall–Kier alpha value is -1.07. The molecule has 2 atom stereocenters. The molecule has 1 fully saturated rings. The van der Waals surface area contributed by atoms with Gasteiger partial charge in [0.15, 0.2) is 0 Å². The Bertz CT molecular complexity index is 513. The number of nitrogens with one attached hydrogen (secondary N) is 2. The zero-order valence-electron chi connectivity index (χ0n) is 10.8. The average Bonchev–Trinajstić information content (AvgIpc) is 3.04. The molecule has 0 aliphatic heterocycles. The van der Waals surface area contributed by atoms with Crippen molar-refractivity contribution in [1.82, 2.24) is 4.72 Å². The molecule has 1 aliphatic rings. The molecule has 4 nitrogen and oxygen atoms in total.